The van der Waals surface area contributed by atoms with Crippen LogP contribution in [0.5, 0.6) is 0 Å². The van der Waals surface area contributed by atoms with Crippen molar-refractivity contribution >= 4 is 11.6 Å². The van der Waals surface area contributed by atoms with Crippen molar-refractivity contribution < 1.29 is 13.6 Å². The van der Waals surface area contributed by atoms with Crippen molar-refractivity contribution in [1.82, 2.24) is 5.32 Å². The van der Waals surface area contributed by atoms with Gasteiger partial charge in [-0.15, -0.1) is 0 Å². The van der Waals surface area contributed by atoms with Gasteiger partial charge in [0.1, 0.15) is 17.7 Å². The van der Waals surface area contributed by atoms with Gasteiger partial charge >= 0.3 is 0 Å². The molecule has 1 aromatic rings. The summed E-state index contributed by atoms with van der Waals surface area (Å²) in [7, 11) is 0. The van der Waals surface area contributed by atoms with Crippen LogP contribution in [0.2, 0.25) is 0 Å². The highest BCUT2D eigenvalue weighted by Gasteiger charge is 2.20. The molecule has 1 unspecified atom stereocenters. The molecule has 1 heterocycles. The fraction of sp³-hybridized carbons (Fsp3) is 0.417. The van der Waals surface area contributed by atoms with E-state index < -0.39 is 17.7 Å². The van der Waals surface area contributed by atoms with Crippen LogP contribution in [0.15, 0.2) is 18.2 Å². The molecular formula is C12H14F2N2O. The number of benzene rings is 1. The van der Waals surface area contributed by atoms with E-state index in [0.717, 1.165) is 18.9 Å². The van der Waals surface area contributed by atoms with E-state index in [-0.39, 0.29) is 5.91 Å². The van der Waals surface area contributed by atoms with Gasteiger partial charge in [0.15, 0.2) is 0 Å². The lowest BCUT2D eigenvalue weighted by atomic mass is 10.1. The second-order valence-electron chi connectivity index (χ2n) is 4.14. The number of nitrogens with one attached hydrogen (secondary N) is 2. The van der Waals surface area contributed by atoms with Gasteiger partial charge in [0.25, 0.3) is 0 Å². The quantitative estimate of drug-likeness (QED) is 0.830. The molecule has 92 valence electrons. The van der Waals surface area contributed by atoms with Gasteiger partial charge in [-0.1, -0.05) is 0 Å². The third-order valence-electron chi connectivity index (χ3n) is 2.74. The topological polar surface area (TPSA) is 41.1 Å². The summed E-state index contributed by atoms with van der Waals surface area (Å²) in [6.07, 6.45) is 2.51. The molecule has 1 aliphatic rings. The Bertz CT molecular complexity index is 403. The zero-order chi connectivity index (χ0) is 12.3. The normalized spacial score (nSPS) is 20.6. The summed E-state index contributed by atoms with van der Waals surface area (Å²) in [5.74, 6) is -1.42. The molecule has 1 atom stereocenters. The smallest absolute Gasteiger partial charge is 0.242 e. The van der Waals surface area contributed by atoms with Crippen molar-refractivity contribution in [3.8, 4) is 0 Å². The first-order valence-electron chi connectivity index (χ1n) is 5.65. The Kier molecular flexibility index (Phi) is 3.56. The Morgan fingerprint density at radius 2 is 1.88 bits per heavy atom. The van der Waals surface area contributed by atoms with Gasteiger partial charge in [0.2, 0.25) is 5.91 Å². The van der Waals surface area contributed by atoms with Crippen LogP contribution < -0.4 is 10.6 Å². The maximum Gasteiger partial charge on any atom is 0.242 e. The lowest BCUT2D eigenvalue weighted by Crippen LogP contribution is -2.37. The minimum absolute atomic E-state index is 0.118. The van der Waals surface area contributed by atoms with Crippen molar-refractivity contribution in [3.63, 3.8) is 0 Å². The SMILES string of the molecule is O=C1NCCCCC1Nc1cc(F)cc(F)c1. The van der Waals surface area contributed by atoms with Crippen LogP contribution >= 0.6 is 0 Å². The van der Waals surface area contributed by atoms with E-state index in [2.05, 4.69) is 10.6 Å². The summed E-state index contributed by atoms with van der Waals surface area (Å²) in [6, 6.07) is 2.75. The maximum atomic E-state index is 13.0. The van der Waals surface area contributed by atoms with Crippen LogP contribution in [0.4, 0.5) is 14.5 Å². The molecule has 1 saturated heterocycles. The molecular weight excluding hydrogens is 226 g/mol. The molecule has 0 spiro atoms. The van der Waals surface area contributed by atoms with Crippen molar-refractivity contribution in [2.75, 3.05) is 11.9 Å². The first kappa shape index (κ1) is 11.8. The lowest BCUT2D eigenvalue weighted by Gasteiger charge is -2.16. The Balaban J connectivity index is 2.10. The highest BCUT2D eigenvalue weighted by Crippen LogP contribution is 2.16. The molecule has 1 aromatic carbocycles. The second kappa shape index (κ2) is 5.12. The third-order valence-corrected chi connectivity index (χ3v) is 2.74. The van der Waals surface area contributed by atoms with Gasteiger partial charge in [0.05, 0.1) is 0 Å². The predicted molar refractivity (Wildman–Crippen MR) is 60.6 cm³/mol. The summed E-state index contributed by atoms with van der Waals surface area (Å²) >= 11 is 0. The fourth-order valence-corrected chi connectivity index (χ4v) is 1.92. The number of halogens is 2. The van der Waals surface area contributed by atoms with E-state index in [1.165, 1.54) is 12.1 Å². The van der Waals surface area contributed by atoms with Crippen molar-refractivity contribution in [2.24, 2.45) is 0 Å². The van der Waals surface area contributed by atoms with E-state index in [1.54, 1.807) is 0 Å². The van der Waals surface area contributed by atoms with Crippen LogP contribution in [0, 0.1) is 11.6 Å². The van der Waals surface area contributed by atoms with E-state index in [1.807, 2.05) is 0 Å². The fourth-order valence-electron chi connectivity index (χ4n) is 1.92. The molecule has 1 amide bonds. The van der Waals surface area contributed by atoms with Gasteiger partial charge in [-0.05, 0) is 31.4 Å². The molecule has 1 fully saturated rings. The van der Waals surface area contributed by atoms with Gasteiger partial charge in [0, 0.05) is 18.3 Å². The van der Waals surface area contributed by atoms with Gasteiger partial charge < -0.3 is 10.6 Å². The second-order valence-corrected chi connectivity index (χ2v) is 4.14. The Labute approximate surface area is 98.2 Å². The third kappa shape index (κ3) is 3.15. The number of carbonyl (C=O) groups excluding carboxylic acids is 1. The maximum absolute atomic E-state index is 13.0. The van der Waals surface area contributed by atoms with E-state index >= 15 is 0 Å². The molecule has 17 heavy (non-hydrogen) atoms. The number of rotatable bonds is 2. The van der Waals surface area contributed by atoms with Crippen LogP contribution in [0.25, 0.3) is 0 Å². The zero-order valence-corrected chi connectivity index (χ0v) is 9.30. The average molecular weight is 240 g/mol. The predicted octanol–water partition coefficient (Wildman–Crippen LogP) is 2.05. The van der Waals surface area contributed by atoms with Crippen molar-refractivity contribution in [1.29, 1.82) is 0 Å². The minimum atomic E-state index is -0.651. The Morgan fingerprint density at radius 1 is 1.18 bits per heavy atom. The van der Waals surface area contributed by atoms with Gasteiger partial charge in [-0.25, -0.2) is 8.78 Å². The number of anilines is 1. The van der Waals surface area contributed by atoms with Crippen LogP contribution in [0.1, 0.15) is 19.3 Å². The average Bonchev–Trinajstić information content (AvgIpc) is 2.43. The highest BCUT2D eigenvalue weighted by molar-refractivity contribution is 5.84. The van der Waals surface area contributed by atoms with Gasteiger partial charge in [-0.2, -0.15) is 0 Å². The monoisotopic (exact) mass is 240 g/mol. The molecule has 1 aliphatic heterocycles. The van der Waals surface area contributed by atoms with E-state index in [0.29, 0.717) is 18.7 Å². The number of hydrogen-bond acceptors (Lipinski definition) is 2. The molecule has 0 saturated carbocycles. The molecule has 5 heteroatoms. The van der Waals surface area contributed by atoms with Crippen LogP contribution in [-0.4, -0.2) is 18.5 Å². The largest absolute Gasteiger partial charge is 0.374 e. The first-order chi connectivity index (χ1) is 8.15. The summed E-state index contributed by atoms with van der Waals surface area (Å²) in [4.78, 5) is 11.6. The number of amides is 1. The number of carbonyl (C=O) groups is 1. The molecule has 0 bridgehead atoms. The summed E-state index contributed by atoms with van der Waals surface area (Å²) in [5.41, 5.74) is 0.296. The minimum Gasteiger partial charge on any atom is -0.374 e. The molecule has 0 radical (unpaired) electrons. The van der Waals surface area contributed by atoms with Crippen molar-refractivity contribution in [2.45, 2.75) is 25.3 Å². The summed E-state index contributed by atoms with van der Waals surface area (Å²) < 4.78 is 26.0. The molecule has 0 aromatic heterocycles. The number of hydrogen-bond donors (Lipinski definition) is 2. The molecule has 0 aliphatic carbocycles. The van der Waals surface area contributed by atoms with Gasteiger partial charge in [-0.3, -0.25) is 4.79 Å². The molecule has 3 nitrogen and oxygen atoms in total. The molecule has 2 rings (SSSR count). The highest BCUT2D eigenvalue weighted by atomic mass is 19.1. The van der Waals surface area contributed by atoms with Crippen LogP contribution in [-0.2, 0) is 4.79 Å². The molecule has 2 N–H and O–H groups in total. The first-order valence-corrected chi connectivity index (χ1v) is 5.65. The standard InChI is InChI=1S/C12H14F2N2O/c13-8-5-9(14)7-10(6-8)16-11-3-1-2-4-15-12(11)17/h5-7,11,16H,1-4H2,(H,15,17). The lowest BCUT2D eigenvalue weighted by molar-refractivity contribution is -0.121. The summed E-state index contributed by atoms with van der Waals surface area (Å²) in [6.45, 7) is 0.661. The Hall–Kier alpha value is -1.65. The zero-order valence-electron chi connectivity index (χ0n) is 9.30. The van der Waals surface area contributed by atoms with E-state index in [4.69, 9.17) is 0 Å². The van der Waals surface area contributed by atoms with Crippen LogP contribution in [0.3, 0.4) is 0 Å². The Morgan fingerprint density at radius 3 is 2.59 bits per heavy atom. The van der Waals surface area contributed by atoms with Crippen molar-refractivity contribution in [3.05, 3.63) is 29.8 Å². The summed E-state index contributed by atoms with van der Waals surface area (Å²) in [5, 5.41) is 5.62. The van der Waals surface area contributed by atoms with E-state index in [9.17, 15) is 13.6 Å².